The molecule has 1 rings (SSSR count). The van der Waals surface area contributed by atoms with Crippen LogP contribution in [0, 0.1) is 0 Å². The molecular weight excluding hydrogens is 476 g/mol. The smallest absolute Gasteiger partial charge is 0.333 e. The van der Waals surface area contributed by atoms with Crippen molar-refractivity contribution in [2.75, 3.05) is 18.5 Å². The highest BCUT2D eigenvalue weighted by molar-refractivity contribution is 7.89. The van der Waals surface area contributed by atoms with Crippen LogP contribution >= 0.6 is 11.6 Å². The predicted molar refractivity (Wildman–Crippen MR) is 139 cm³/mol. The number of sulfonamides is 1. The van der Waals surface area contributed by atoms with E-state index in [4.69, 9.17) is 21.4 Å². The van der Waals surface area contributed by atoms with Crippen molar-refractivity contribution in [1.29, 1.82) is 0 Å². The summed E-state index contributed by atoms with van der Waals surface area (Å²) in [7, 11) is -3.71. The molecule has 0 bridgehead atoms. The summed E-state index contributed by atoms with van der Waals surface area (Å²) in [6.45, 7) is 4.55. The number of carbonyl (C=O) groups is 1. The van der Waals surface area contributed by atoms with Crippen molar-refractivity contribution < 1.29 is 23.1 Å². The van der Waals surface area contributed by atoms with E-state index in [0.717, 1.165) is 25.3 Å². The zero-order valence-electron chi connectivity index (χ0n) is 20.6. The molecule has 0 aromatic heterocycles. The molecule has 0 atom stereocenters. The highest BCUT2D eigenvalue weighted by Gasteiger charge is 2.16. The normalized spacial score (nSPS) is 12.0. The third-order valence-electron chi connectivity index (χ3n) is 5.38. The summed E-state index contributed by atoms with van der Waals surface area (Å²) < 4.78 is 33.2. The number of hydrogen-bond acceptors (Lipinski definition) is 5. The number of aliphatic carboxylic acids is 1. The molecule has 0 aliphatic carbocycles. The van der Waals surface area contributed by atoms with Gasteiger partial charge >= 0.3 is 5.97 Å². The summed E-state index contributed by atoms with van der Waals surface area (Å²) in [5, 5.41) is 11.9. The highest BCUT2D eigenvalue weighted by atomic mass is 35.5. The Balaban J connectivity index is 2.40. The molecule has 0 unspecified atom stereocenters. The van der Waals surface area contributed by atoms with Crippen molar-refractivity contribution >= 4 is 33.3 Å². The molecule has 34 heavy (non-hydrogen) atoms. The van der Waals surface area contributed by atoms with Gasteiger partial charge in [-0.15, -0.1) is 0 Å². The van der Waals surface area contributed by atoms with E-state index in [1.165, 1.54) is 76.0 Å². The van der Waals surface area contributed by atoms with Crippen LogP contribution in [0.1, 0.15) is 90.9 Å². The summed E-state index contributed by atoms with van der Waals surface area (Å²) in [6.07, 6.45) is 15.5. The maximum atomic E-state index is 12.7. The number of benzene rings is 1. The number of nitrogens with one attached hydrogen (secondary N) is 2. The lowest BCUT2D eigenvalue weighted by atomic mass is 10.1. The van der Waals surface area contributed by atoms with Crippen LogP contribution in [0.25, 0.3) is 0 Å². The van der Waals surface area contributed by atoms with Gasteiger partial charge in [0.2, 0.25) is 10.0 Å². The largest absolute Gasteiger partial charge is 0.479 e. The molecule has 9 heteroatoms. The first kappa shape index (κ1) is 30.3. The van der Waals surface area contributed by atoms with Crippen molar-refractivity contribution in [3.05, 3.63) is 35.2 Å². The monoisotopic (exact) mass is 516 g/mol. The number of hydrogen-bond donors (Lipinski definition) is 3. The van der Waals surface area contributed by atoms with Crippen molar-refractivity contribution in [1.82, 2.24) is 4.72 Å². The van der Waals surface area contributed by atoms with Gasteiger partial charge in [-0.1, -0.05) is 89.2 Å². The maximum absolute atomic E-state index is 12.7. The van der Waals surface area contributed by atoms with Gasteiger partial charge in [0, 0.05) is 6.54 Å². The van der Waals surface area contributed by atoms with E-state index in [1.54, 1.807) is 6.92 Å². The minimum atomic E-state index is -3.71. The minimum Gasteiger partial charge on any atom is -0.479 e. The molecule has 0 aliphatic heterocycles. The summed E-state index contributed by atoms with van der Waals surface area (Å²) >= 11 is 6.15. The number of carboxylic acid groups (broad SMARTS) is 1. The Kier molecular flexibility index (Phi) is 15.7. The van der Waals surface area contributed by atoms with Crippen LogP contribution in [0.15, 0.2) is 35.1 Å². The maximum Gasteiger partial charge on any atom is 0.333 e. The van der Waals surface area contributed by atoms with Gasteiger partial charge in [0.15, 0.2) is 5.88 Å². The average molecular weight is 517 g/mol. The number of anilines is 1. The lowest BCUT2D eigenvalue weighted by Gasteiger charge is -2.14. The van der Waals surface area contributed by atoms with E-state index in [-0.39, 0.29) is 28.1 Å². The Morgan fingerprint density at radius 1 is 0.971 bits per heavy atom. The molecule has 194 valence electrons. The van der Waals surface area contributed by atoms with Crippen LogP contribution in [0.3, 0.4) is 0 Å². The van der Waals surface area contributed by atoms with Crippen molar-refractivity contribution in [3.8, 4) is 0 Å². The Morgan fingerprint density at radius 2 is 1.53 bits per heavy atom. The quantitative estimate of drug-likeness (QED) is 0.101. The van der Waals surface area contributed by atoms with Gasteiger partial charge in [0.1, 0.15) is 0 Å². The highest BCUT2D eigenvalue weighted by Crippen LogP contribution is 2.26. The van der Waals surface area contributed by atoms with Gasteiger partial charge in [-0.2, -0.15) is 0 Å². The van der Waals surface area contributed by atoms with Gasteiger partial charge in [-0.25, -0.2) is 17.9 Å². The summed E-state index contributed by atoms with van der Waals surface area (Å²) in [4.78, 5) is 11.0. The summed E-state index contributed by atoms with van der Waals surface area (Å²) in [5.41, 5.74) is 0.246. The molecule has 0 saturated heterocycles. The second-order valence-electron chi connectivity index (χ2n) is 8.33. The lowest BCUT2D eigenvalue weighted by molar-refractivity contribution is -0.131. The summed E-state index contributed by atoms with van der Waals surface area (Å²) in [5.74, 6) is -1.23. The standard InChI is InChI=1S/C25H41ClN2O5S/c1-3-5-6-7-8-9-10-11-12-13-14-15-18-27-34(31,32)21-16-17-22(26)23(19-21)28-24(33-4-2)20-25(29)30/h16-17,19-20,27-28H,3-15,18H2,1-2H3,(H,29,30)/b24-20-. The number of rotatable bonds is 20. The SMILES string of the molecule is CCCCCCCCCCCCCCNS(=O)(=O)c1ccc(Cl)c(N/C(=C/C(=O)O)OCC)c1. The van der Waals surface area contributed by atoms with Crippen LogP contribution in [0.5, 0.6) is 0 Å². The van der Waals surface area contributed by atoms with Gasteiger partial charge in [-0.3, -0.25) is 0 Å². The van der Waals surface area contributed by atoms with Crippen LogP contribution < -0.4 is 10.0 Å². The molecule has 7 nitrogen and oxygen atoms in total. The first-order chi connectivity index (χ1) is 16.3. The number of carboxylic acids is 1. The molecule has 0 saturated carbocycles. The molecule has 0 amide bonds. The Morgan fingerprint density at radius 3 is 2.06 bits per heavy atom. The molecule has 1 aromatic carbocycles. The van der Waals surface area contributed by atoms with Crippen LogP contribution in [0.4, 0.5) is 5.69 Å². The van der Waals surface area contributed by atoms with Crippen LogP contribution in [-0.4, -0.2) is 32.6 Å². The second kappa shape index (κ2) is 17.6. The Hall–Kier alpha value is -1.77. The van der Waals surface area contributed by atoms with Crippen molar-refractivity contribution in [2.45, 2.75) is 95.8 Å². The molecule has 3 N–H and O–H groups in total. The first-order valence-corrected chi connectivity index (χ1v) is 14.3. The Bertz CT molecular complexity index is 859. The number of halogens is 1. The van der Waals surface area contributed by atoms with Crippen molar-refractivity contribution in [2.24, 2.45) is 0 Å². The third-order valence-corrected chi connectivity index (χ3v) is 7.17. The first-order valence-electron chi connectivity index (χ1n) is 12.4. The van der Waals surface area contributed by atoms with Gasteiger partial charge < -0.3 is 15.2 Å². The third kappa shape index (κ3) is 13.2. The van der Waals surface area contributed by atoms with E-state index in [0.29, 0.717) is 6.54 Å². The fraction of sp³-hybridized carbons (Fsp3) is 0.640. The lowest BCUT2D eigenvalue weighted by Crippen LogP contribution is -2.25. The van der Waals surface area contributed by atoms with Gasteiger partial charge in [0.25, 0.3) is 0 Å². The molecule has 0 radical (unpaired) electrons. The average Bonchev–Trinajstić information content (AvgIpc) is 2.78. The Labute approximate surface area is 210 Å². The summed E-state index contributed by atoms with van der Waals surface area (Å²) in [6, 6.07) is 4.23. The molecular formula is C25H41ClN2O5S. The molecule has 0 spiro atoms. The zero-order valence-corrected chi connectivity index (χ0v) is 22.1. The van der Waals surface area contributed by atoms with E-state index < -0.39 is 16.0 Å². The number of ether oxygens (including phenoxy) is 1. The van der Waals surface area contributed by atoms with E-state index in [9.17, 15) is 13.2 Å². The molecule has 0 aliphatic rings. The van der Waals surface area contributed by atoms with Crippen molar-refractivity contribution in [3.63, 3.8) is 0 Å². The second-order valence-corrected chi connectivity index (χ2v) is 10.5. The van der Waals surface area contributed by atoms with Gasteiger partial charge in [0.05, 0.1) is 28.3 Å². The van der Waals surface area contributed by atoms with Crippen LogP contribution in [-0.2, 0) is 19.6 Å². The van der Waals surface area contributed by atoms with E-state index in [1.807, 2.05) is 0 Å². The fourth-order valence-electron chi connectivity index (χ4n) is 3.54. The topological polar surface area (TPSA) is 105 Å². The molecule has 1 aromatic rings. The molecule has 0 heterocycles. The zero-order chi connectivity index (χ0) is 25.2. The predicted octanol–water partition coefficient (Wildman–Crippen LogP) is 6.69. The van der Waals surface area contributed by atoms with E-state index >= 15 is 0 Å². The minimum absolute atomic E-state index is 0.0316. The fourth-order valence-corrected chi connectivity index (χ4v) is 4.80. The number of unbranched alkanes of at least 4 members (excludes halogenated alkanes) is 11. The van der Waals surface area contributed by atoms with Gasteiger partial charge in [-0.05, 0) is 31.5 Å². The van der Waals surface area contributed by atoms with E-state index in [2.05, 4.69) is 17.0 Å². The molecule has 0 fully saturated rings. The van der Waals surface area contributed by atoms with Crippen LogP contribution in [0.2, 0.25) is 5.02 Å².